The molecule has 2 unspecified atom stereocenters. The molecule has 0 aromatic carbocycles. The number of aromatic nitrogens is 3. The number of anilines is 1. The molecule has 2 aromatic heterocycles. The van der Waals surface area contributed by atoms with Crippen LogP contribution in [0.1, 0.15) is 48.8 Å². The second-order valence-electron chi connectivity index (χ2n) is 7.82. The molecule has 0 saturated heterocycles. The third-order valence-electron chi connectivity index (χ3n) is 5.63. The second-order valence-corrected chi connectivity index (χ2v) is 7.82. The zero-order valence-corrected chi connectivity index (χ0v) is 16.5. The number of pyridine rings is 1. The van der Waals surface area contributed by atoms with Gasteiger partial charge in [0, 0.05) is 30.6 Å². The number of halogens is 5. The molecule has 2 aliphatic heterocycles. The molecule has 2 aromatic rings. The fourth-order valence-corrected chi connectivity index (χ4v) is 4.06. The summed E-state index contributed by atoms with van der Waals surface area (Å²) in [5.41, 5.74) is -1.30. The lowest BCUT2D eigenvalue weighted by molar-refractivity contribution is -0.0250. The first kappa shape index (κ1) is 21.5. The van der Waals surface area contributed by atoms with Gasteiger partial charge in [0.05, 0.1) is 30.6 Å². The summed E-state index contributed by atoms with van der Waals surface area (Å²) in [7, 11) is 0. The van der Waals surface area contributed by atoms with E-state index in [-0.39, 0.29) is 37.2 Å². The molecular formula is C19H20F5N5O2. The largest absolute Gasteiger partial charge is 0.391 e. The van der Waals surface area contributed by atoms with Crippen LogP contribution in [-0.2, 0) is 25.4 Å². The Morgan fingerprint density at radius 1 is 1.39 bits per heavy atom. The molecule has 12 heteroatoms. The number of nitrogens with zero attached hydrogens (tertiary/aromatic N) is 4. The summed E-state index contributed by atoms with van der Waals surface area (Å²) in [4.78, 5) is 17.3. The van der Waals surface area contributed by atoms with Gasteiger partial charge in [-0.15, -0.1) is 0 Å². The third-order valence-corrected chi connectivity index (χ3v) is 5.63. The molecule has 168 valence electrons. The van der Waals surface area contributed by atoms with Crippen molar-refractivity contribution < 1.29 is 31.9 Å². The van der Waals surface area contributed by atoms with Gasteiger partial charge in [-0.1, -0.05) is 0 Å². The van der Waals surface area contributed by atoms with E-state index in [0.717, 1.165) is 16.9 Å². The van der Waals surface area contributed by atoms with Crippen molar-refractivity contribution in [1.82, 2.24) is 19.7 Å². The van der Waals surface area contributed by atoms with Gasteiger partial charge in [0.15, 0.2) is 5.82 Å². The van der Waals surface area contributed by atoms with Crippen LogP contribution < -0.4 is 5.32 Å². The van der Waals surface area contributed by atoms with Crippen molar-refractivity contribution in [3.05, 3.63) is 40.7 Å². The molecule has 0 saturated carbocycles. The fourth-order valence-electron chi connectivity index (χ4n) is 4.06. The van der Waals surface area contributed by atoms with E-state index < -0.39 is 54.1 Å². The topological polar surface area (TPSA) is 83.3 Å². The highest BCUT2D eigenvalue weighted by molar-refractivity contribution is 5.90. The zero-order chi connectivity index (χ0) is 22.5. The number of aliphatic hydroxyl groups is 1. The number of rotatable bonds is 2. The minimum atomic E-state index is -3.23. The number of carbonyl (C=O) groups excluding carboxylic acids is 1. The Hall–Kier alpha value is -2.76. The Bertz CT molecular complexity index is 1010. The minimum Gasteiger partial charge on any atom is -0.391 e. The number of amides is 2. The molecule has 0 aliphatic carbocycles. The molecule has 2 amide bonds. The van der Waals surface area contributed by atoms with Crippen LogP contribution in [0.25, 0.3) is 0 Å². The smallest absolute Gasteiger partial charge is 0.322 e. The van der Waals surface area contributed by atoms with Gasteiger partial charge in [-0.3, -0.25) is 9.67 Å². The Morgan fingerprint density at radius 3 is 2.84 bits per heavy atom. The first-order valence-corrected chi connectivity index (χ1v) is 9.73. The number of urea groups is 1. The Morgan fingerprint density at radius 2 is 2.13 bits per heavy atom. The molecule has 0 radical (unpaired) electrons. The van der Waals surface area contributed by atoms with Crippen LogP contribution in [0.15, 0.2) is 12.3 Å². The molecule has 0 fully saturated rings. The Labute approximate surface area is 173 Å². The summed E-state index contributed by atoms with van der Waals surface area (Å²) >= 11 is 0. The highest BCUT2D eigenvalue weighted by Crippen LogP contribution is 2.41. The number of aliphatic hydroxyl groups excluding tert-OH is 1. The van der Waals surface area contributed by atoms with Gasteiger partial charge in [-0.25, -0.2) is 18.0 Å². The molecular weight excluding hydrogens is 425 g/mol. The third kappa shape index (κ3) is 3.84. The average Bonchev–Trinajstić information content (AvgIpc) is 2.99. The summed E-state index contributed by atoms with van der Waals surface area (Å²) in [5.74, 6) is -4.58. The number of hydrogen-bond donors (Lipinski definition) is 2. The van der Waals surface area contributed by atoms with Crippen molar-refractivity contribution >= 4 is 11.7 Å². The Kier molecular flexibility index (Phi) is 5.36. The maximum Gasteiger partial charge on any atom is 0.322 e. The van der Waals surface area contributed by atoms with E-state index in [2.05, 4.69) is 15.4 Å². The van der Waals surface area contributed by atoms with Crippen LogP contribution in [0.3, 0.4) is 0 Å². The highest BCUT2D eigenvalue weighted by atomic mass is 19.3. The number of nitrogens with one attached hydrogen (secondary N) is 1. The quantitative estimate of drug-likeness (QED) is 0.693. The normalized spacial score (nSPS) is 22.6. The predicted molar refractivity (Wildman–Crippen MR) is 98.2 cm³/mol. The maximum atomic E-state index is 14.8. The van der Waals surface area contributed by atoms with Crippen LogP contribution in [0, 0.1) is 5.82 Å². The minimum absolute atomic E-state index is 0.0723. The van der Waals surface area contributed by atoms with Gasteiger partial charge >= 0.3 is 6.03 Å². The first-order valence-electron chi connectivity index (χ1n) is 9.73. The summed E-state index contributed by atoms with van der Waals surface area (Å²) < 4.78 is 70.6. The monoisotopic (exact) mass is 445 g/mol. The van der Waals surface area contributed by atoms with Crippen LogP contribution >= 0.6 is 0 Å². The first-order chi connectivity index (χ1) is 14.6. The van der Waals surface area contributed by atoms with E-state index >= 15 is 0 Å². The zero-order valence-electron chi connectivity index (χ0n) is 16.5. The summed E-state index contributed by atoms with van der Waals surface area (Å²) in [5, 5.41) is 16.4. The number of hydrogen-bond acceptors (Lipinski definition) is 4. The highest BCUT2D eigenvalue weighted by Gasteiger charge is 2.44. The number of alkyl halides is 4. The van der Waals surface area contributed by atoms with E-state index in [0.29, 0.717) is 5.69 Å². The number of carbonyl (C=O) groups is 1. The van der Waals surface area contributed by atoms with E-state index in [1.54, 1.807) is 6.92 Å². The summed E-state index contributed by atoms with van der Waals surface area (Å²) in [6.07, 6.45) is -3.62. The van der Waals surface area contributed by atoms with Crippen molar-refractivity contribution in [2.75, 3.05) is 5.32 Å². The SMILES string of the molecule is CC1Cc2nn3c(c2CN1C(=O)Nc1ccnc(C(F)F)c1F)C(F)(F)CCC(O)C3. The van der Waals surface area contributed by atoms with Crippen molar-refractivity contribution in [3.63, 3.8) is 0 Å². The van der Waals surface area contributed by atoms with Crippen molar-refractivity contribution in [2.24, 2.45) is 0 Å². The predicted octanol–water partition coefficient (Wildman–Crippen LogP) is 3.58. The van der Waals surface area contributed by atoms with Gasteiger partial charge in [0.2, 0.25) is 0 Å². The lowest BCUT2D eigenvalue weighted by atomic mass is 9.96. The lowest BCUT2D eigenvalue weighted by Crippen LogP contribution is -2.45. The molecule has 7 nitrogen and oxygen atoms in total. The molecule has 4 rings (SSSR count). The van der Waals surface area contributed by atoms with Crippen molar-refractivity contribution in [1.29, 1.82) is 0 Å². The molecule has 31 heavy (non-hydrogen) atoms. The maximum absolute atomic E-state index is 14.8. The summed E-state index contributed by atoms with van der Waals surface area (Å²) in [6.45, 7) is 1.39. The van der Waals surface area contributed by atoms with Crippen LogP contribution in [0.5, 0.6) is 0 Å². The molecule has 2 N–H and O–H groups in total. The number of fused-ring (bicyclic) bond motifs is 3. The average molecular weight is 445 g/mol. The van der Waals surface area contributed by atoms with Crippen molar-refractivity contribution in [3.8, 4) is 0 Å². The standard InChI is InChI=1S/C19H20F5N5O2/c1-9-6-13-11(16-19(23,24)4-2-10(30)7-29(16)27-13)8-28(9)18(31)26-12-3-5-25-15(14(12)20)17(21)22/h3,5,9-10,17,30H,2,4,6-8H2,1H3,(H,25,26,31). The van der Waals surface area contributed by atoms with Crippen LogP contribution in [0.2, 0.25) is 0 Å². The van der Waals surface area contributed by atoms with Gasteiger partial charge in [0.1, 0.15) is 11.4 Å². The van der Waals surface area contributed by atoms with Gasteiger partial charge in [0.25, 0.3) is 12.3 Å². The molecule has 0 bridgehead atoms. The van der Waals surface area contributed by atoms with E-state index in [4.69, 9.17) is 0 Å². The molecule has 2 aliphatic rings. The van der Waals surface area contributed by atoms with E-state index in [9.17, 15) is 31.9 Å². The molecule has 2 atom stereocenters. The van der Waals surface area contributed by atoms with E-state index in [1.807, 2.05) is 0 Å². The van der Waals surface area contributed by atoms with Gasteiger partial charge < -0.3 is 15.3 Å². The molecule has 4 heterocycles. The Balaban J connectivity index is 1.63. The van der Waals surface area contributed by atoms with Gasteiger partial charge in [-0.05, 0) is 19.4 Å². The van der Waals surface area contributed by atoms with Crippen LogP contribution in [-0.4, -0.2) is 42.9 Å². The van der Waals surface area contributed by atoms with Crippen LogP contribution in [0.4, 0.5) is 32.4 Å². The second kappa shape index (κ2) is 7.74. The van der Waals surface area contributed by atoms with Crippen molar-refractivity contribution in [2.45, 2.75) is 63.8 Å². The van der Waals surface area contributed by atoms with Gasteiger partial charge in [-0.2, -0.15) is 13.9 Å². The molecule has 0 spiro atoms. The lowest BCUT2D eigenvalue weighted by Gasteiger charge is -2.33. The fraction of sp³-hybridized carbons (Fsp3) is 0.526. The van der Waals surface area contributed by atoms with E-state index in [1.165, 1.54) is 4.90 Å². The summed E-state index contributed by atoms with van der Waals surface area (Å²) in [6, 6.07) is -0.245.